The minimum atomic E-state index is -0.464. The molecule has 0 unspecified atom stereocenters. The van der Waals surface area contributed by atoms with E-state index in [-0.39, 0.29) is 22.2 Å². The second-order valence-corrected chi connectivity index (χ2v) is 9.25. The number of aryl methyl sites for hydroxylation is 2. The van der Waals surface area contributed by atoms with Gasteiger partial charge in [-0.25, -0.2) is 4.90 Å². The SMILES string of the molecule is Cc1ccc(N2C(=O)c3c(-c4ccccc4)c(=O)n4c(sc5ccccc54)c3C2=O)cc1C. The number of hydrogen-bond acceptors (Lipinski definition) is 4. The highest BCUT2D eigenvalue weighted by Crippen LogP contribution is 2.39. The van der Waals surface area contributed by atoms with Crippen molar-refractivity contribution in [2.24, 2.45) is 0 Å². The number of thiazole rings is 1. The highest BCUT2D eigenvalue weighted by molar-refractivity contribution is 7.24. The number of imide groups is 1. The van der Waals surface area contributed by atoms with E-state index in [2.05, 4.69) is 0 Å². The highest BCUT2D eigenvalue weighted by atomic mass is 32.1. The van der Waals surface area contributed by atoms with E-state index in [4.69, 9.17) is 0 Å². The molecule has 3 heterocycles. The molecule has 0 atom stereocenters. The van der Waals surface area contributed by atoms with Crippen molar-refractivity contribution in [3.8, 4) is 11.1 Å². The van der Waals surface area contributed by atoms with Gasteiger partial charge in [-0.15, -0.1) is 11.3 Å². The molecule has 3 aromatic carbocycles. The third-order valence-electron chi connectivity index (χ3n) is 6.29. The Morgan fingerprint density at radius 3 is 2.15 bits per heavy atom. The van der Waals surface area contributed by atoms with E-state index in [0.29, 0.717) is 16.1 Å². The van der Waals surface area contributed by atoms with Gasteiger partial charge in [-0.3, -0.25) is 18.8 Å². The molecule has 33 heavy (non-hydrogen) atoms. The van der Waals surface area contributed by atoms with Crippen molar-refractivity contribution >= 4 is 43.9 Å². The summed E-state index contributed by atoms with van der Waals surface area (Å²) in [4.78, 5) is 43.1. The number of pyridine rings is 1. The molecule has 5 nitrogen and oxygen atoms in total. The maximum Gasteiger partial charge on any atom is 0.269 e. The summed E-state index contributed by atoms with van der Waals surface area (Å²) in [5.74, 6) is -0.867. The number of carbonyl (C=O) groups is 2. The second kappa shape index (κ2) is 6.98. The summed E-state index contributed by atoms with van der Waals surface area (Å²) >= 11 is 1.36. The molecule has 6 heteroatoms. The van der Waals surface area contributed by atoms with Crippen LogP contribution in [0.4, 0.5) is 5.69 Å². The fourth-order valence-corrected chi connectivity index (χ4v) is 5.69. The Kier molecular flexibility index (Phi) is 4.16. The Hall–Kier alpha value is -4.03. The second-order valence-electron chi connectivity index (χ2n) is 8.22. The normalized spacial score (nSPS) is 13.3. The van der Waals surface area contributed by atoms with Gasteiger partial charge in [-0.1, -0.05) is 48.5 Å². The Balaban J connectivity index is 1.74. The topological polar surface area (TPSA) is 58.9 Å². The molecule has 0 spiro atoms. The molecular formula is C27H18N2O3S. The van der Waals surface area contributed by atoms with Crippen LogP contribution in [0, 0.1) is 13.8 Å². The van der Waals surface area contributed by atoms with Crippen LogP contribution in [0.5, 0.6) is 0 Å². The third-order valence-corrected chi connectivity index (χ3v) is 7.44. The van der Waals surface area contributed by atoms with Gasteiger partial charge in [0.25, 0.3) is 17.4 Å². The monoisotopic (exact) mass is 450 g/mol. The quantitative estimate of drug-likeness (QED) is 0.329. The molecular weight excluding hydrogens is 432 g/mol. The van der Waals surface area contributed by atoms with E-state index in [9.17, 15) is 14.4 Å². The lowest BCUT2D eigenvalue weighted by Gasteiger charge is -2.15. The van der Waals surface area contributed by atoms with Gasteiger partial charge in [0.1, 0.15) is 4.83 Å². The van der Waals surface area contributed by atoms with Gasteiger partial charge in [0, 0.05) is 0 Å². The van der Waals surface area contributed by atoms with Crippen LogP contribution in [0.15, 0.2) is 77.6 Å². The molecule has 1 aliphatic heterocycles. The molecule has 6 rings (SSSR count). The van der Waals surface area contributed by atoms with Crippen LogP contribution in [0.2, 0.25) is 0 Å². The molecule has 5 aromatic rings. The maximum atomic E-state index is 13.8. The maximum absolute atomic E-state index is 13.8. The van der Waals surface area contributed by atoms with E-state index in [1.807, 2.05) is 68.4 Å². The Morgan fingerprint density at radius 2 is 1.39 bits per heavy atom. The number of aromatic nitrogens is 1. The van der Waals surface area contributed by atoms with Crippen molar-refractivity contribution < 1.29 is 9.59 Å². The number of nitrogens with zero attached hydrogens (tertiary/aromatic N) is 2. The van der Waals surface area contributed by atoms with Crippen LogP contribution in [0.1, 0.15) is 31.8 Å². The molecule has 0 bridgehead atoms. The molecule has 0 saturated carbocycles. The number of hydrogen-bond donors (Lipinski definition) is 0. The minimum absolute atomic E-state index is 0.181. The summed E-state index contributed by atoms with van der Waals surface area (Å²) < 4.78 is 2.46. The van der Waals surface area contributed by atoms with Crippen LogP contribution in [0.3, 0.4) is 0 Å². The first-order valence-corrected chi connectivity index (χ1v) is 11.4. The summed E-state index contributed by atoms with van der Waals surface area (Å²) in [7, 11) is 0. The molecule has 0 fully saturated rings. The third kappa shape index (κ3) is 2.68. The number of carbonyl (C=O) groups excluding carboxylic acids is 2. The van der Waals surface area contributed by atoms with Crippen molar-refractivity contribution in [2.45, 2.75) is 13.8 Å². The number of anilines is 1. The summed E-state index contributed by atoms with van der Waals surface area (Å²) in [5, 5.41) is 0. The van der Waals surface area contributed by atoms with Crippen molar-refractivity contribution in [3.63, 3.8) is 0 Å². The molecule has 160 valence electrons. The number of benzene rings is 3. The Labute approximate surface area is 193 Å². The number of amides is 2. The highest BCUT2D eigenvalue weighted by Gasteiger charge is 2.42. The zero-order chi connectivity index (χ0) is 22.9. The number of para-hydroxylation sites is 1. The summed E-state index contributed by atoms with van der Waals surface area (Å²) in [6, 6.07) is 22.2. The lowest BCUT2D eigenvalue weighted by atomic mass is 9.99. The van der Waals surface area contributed by atoms with Crippen LogP contribution in [-0.2, 0) is 0 Å². The van der Waals surface area contributed by atoms with Crippen LogP contribution in [-0.4, -0.2) is 16.2 Å². The first kappa shape index (κ1) is 19.6. The zero-order valence-corrected chi connectivity index (χ0v) is 18.8. The van der Waals surface area contributed by atoms with Crippen LogP contribution in [0.25, 0.3) is 26.2 Å². The van der Waals surface area contributed by atoms with Gasteiger partial charge in [0.05, 0.1) is 32.6 Å². The average Bonchev–Trinajstić information content (AvgIpc) is 3.32. The standard InChI is InChI=1S/C27H18N2O3S/c1-15-12-13-18(14-16(15)2)28-25(31)22-21(17-8-4-3-5-9-17)24(30)29-19-10-6-7-11-20(19)33-27(29)23(22)26(28)32/h3-14H,1-2H3. The molecule has 0 N–H and O–H groups in total. The molecule has 0 aliphatic carbocycles. The Morgan fingerprint density at radius 1 is 0.697 bits per heavy atom. The average molecular weight is 451 g/mol. The predicted octanol–water partition coefficient (Wildman–Crippen LogP) is 5.60. The molecule has 1 aliphatic rings. The zero-order valence-electron chi connectivity index (χ0n) is 18.0. The lowest BCUT2D eigenvalue weighted by Crippen LogP contribution is -2.29. The molecule has 0 radical (unpaired) electrons. The fourth-order valence-electron chi connectivity index (χ4n) is 4.50. The first-order valence-electron chi connectivity index (χ1n) is 10.6. The summed E-state index contributed by atoms with van der Waals surface area (Å²) in [6.45, 7) is 3.93. The van der Waals surface area contributed by atoms with E-state index in [1.54, 1.807) is 22.6 Å². The van der Waals surface area contributed by atoms with E-state index in [0.717, 1.165) is 21.3 Å². The van der Waals surface area contributed by atoms with Gasteiger partial charge in [0.2, 0.25) is 0 Å². The van der Waals surface area contributed by atoms with Gasteiger partial charge in [-0.05, 0) is 54.8 Å². The van der Waals surface area contributed by atoms with E-state index >= 15 is 0 Å². The van der Waals surface area contributed by atoms with Crippen LogP contribution < -0.4 is 10.5 Å². The van der Waals surface area contributed by atoms with Crippen LogP contribution >= 0.6 is 11.3 Å². The molecule has 2 amide bonds. The van der Waals surface area contributed by atoms with E-state index < -0.39 is 11.8 Å². The first-order chi connectivity index (χ1) is 16.0. The van der Waals surface area contributed by atoms with Crippen molar-refractivity contribution in [1.82, 2.24) is 4.40 Å². The predicted molar refractivity (Wildman–Crippen MR) is 132 cm³/mol. The smallest absolute Gasteiger partial charge is 0.268 e. The summed E-state index contributed by atoms with van der Waals surface area (Å²) in [6.07, 6.45) is 0. The van der Waals surface area contributed by atoms with Gasteiger partial charge >= 0.3 is 0 Å². The Bertz CT molecular complexity index is 1700. The summed E-state index contributed by atoms with van der Waals surface area (Å²) in [5.41, 5.74) is 4.35. The minimum Gasteiger partial charge on any atom is -0.268 e. The van der Waals surface area contributed by atoms with Gasteiger partial charge in [0.15, 0.2) is 0 Å². The number of fused-ring (bicyclic) bond motifs is 5. The van der Waals surface area contributed by atoms with Crippen molar-refractivity contribution in [1.29, 1.82) is 0 Å². The largest absolute Gasteiger partial charge is 0.269 e. The van der Waals surface area contributed by atoms with Crippen molar-refractivity contribution in [3.05, 3.63) is 105 Å². The van der Waals surface area contributed by atoms with Gasteiger partial charge < -0.3 is 0 Å². The number of rotatable bonds is 2. The molecule has 2 aromatic heterocycles. The molecule has 0 saturated heterocycles. The van der Waals surface area contributed by atoms with Gasteiger partial charge in [-0.2, -0.15) is 0 Å². The van der Waals surface area contributed by atoms with E-state index in [1.165, 1.54) is 16.2 Å². The fraction of sp³-hybridized carbons (Fsp3) is 0.0741. The lowest BCUT2D eigenvalue weighted by molar-refractivity contribution is 0.0927. The van der Waals surface area contributed by atoms with Crippen molar-refractivity contribution in [2.75, 3.05) is 4.90 Å².